The van der Waals surface area contributed by atoms with E-state index in [1.165, 1.54) is 9.77 Å². The van der Waals surface area contributed by atoms with Gasteiger partial charge in [0.15, 0.2) is 5.11 Å². The Morgan fingerprint density at radius 2 is 2.22 bits per heavy atom. The fourth-order valence-corrected chi connectivity index (χ4v) is 3.86. The average Bonchev–Trinajstić information content (AvgIpc) is 3.09. The molecule has 2 rings (SSSR count). The predicted molar refractivity (Wildman–Crippen MR) is 106 cm³/mol. The third-order valence-electron chi connectivity index (χ3n) is 3.54. The van der Waals surface area contributed by atoms with Crippen molar-refractivity contribution in [2.75, 3.05) is 31.8 Å². The van der Waals surface area contributed by atoms with Gasteiger partial charge in [-0.05, 0) is 55.0 Å². The zero-order chi connectivity index (χ0) is 16.7. The normalized spacial score (nSPS) is 12.0. The highest BCUT2D eigenvalue weighted by molar-refractivity contribution is 7.98. The fourth-order valence-electron chi connectivity index (χ4n) is 2.24. The number of benzene rings is 1. The lowest BCUT2D eigenvalue weighted by Crippen LogP contribution is -2.38. The maximum atomic E-state index is 5.66. The van der Waals surface area contributed by atoms with Crippen molar-refractivity contribution in [1.29, 1.82) is 0 Å². The van der Waals surface area contributed by atoms with Gasteiger partial charge in [-0.3, -0.25) is 0 Å². The number of hydrogen-bond acceptors (Lipinski definition) is 4. The summed E-state index contributed by atoms with van der Waals surface area (Å²) in [4.78, 5) is 4.69. The van der Waals surface area contributed by atoms with Gasteiger partial charge in [-0.2, -0.15) is 0 Å². The third kappa shape index (κ3) is 5.21. The van der Waals surface area contributed by atoms with Crippen molar-refractivity contribution >= 4 is 46.1 Å². The van der Waals surface area contributed by atoms with Crippen LogP contribution >= 0.6 is 35.3 Å². The van der Waals surface area contributed by atoms with E-state index in [-0.39, 0.29) is 6.04 Å². The van der Waals surface area contributed by atoms with E-state index in [1.807, 2.05) is 12.1 Å². The van der Waals surface area contributed by atoms with Crippen molar-refractivity contribution in [2.24, 2.45) is 0 Å². The molecule has 0 aliphatic heterocycles. The fraction of sp³-hybridized carbons (Fsp3) is 0.353. The molecule has 124 valence electrons. The average molecular weight is 367 g/mol. The van der Waals surface area contributed by atoms with E-state index < -0.39 is 0 Å². The maximum Gasteiger partial charge on any atom is 0.174 e. The molecule has 1 atom stereocenters. The molecular weight excluding hydrogens is 344 g/mol. The quantitative estimate of drug-likeness (QED) is 0.556. The van der Waals surface area contributed by atoms with E-state index in [1.54, 1.807) is 30.2 Å². The molecule has 0 unspecified atom stereocenters. The van der Waals surface area contributed by atoms with E-state index in [0.717, 1.165) is 17.3 Å². The first kappa shape index (κ1) is 18.3. The first-order valence-electron chi connectivity index (χ1n) is 7.39. The molecule has 1 aromatic heterocycles. The molecule has 0 bridgehead atoms. The minimum absolute atomic E-state index is 0.217. The van der Waals surface area contributed by atoms with Crippen molar-refractivity contribution in [3.8, 4) is 0 Å². The molecule has 1 N–H and O–H groups in total. The van der Waals surface area contributed by atoms with Gasteiger partial charge in [0.05, 0.1) is 12.6 Å². The summed E-state index contributed by atoms with van der Waals surface area (Å²) < 4.78 is 5.25. The van der Waals surface area contributed by atoms with Gasteiger partial charge < -0.3 is 15.0 Å². The molecule has 0 fully saturated rings. The number of hydrogen-bond donors (Lipinski definition) is 1. The lowest BCUT2D eigenvalue weighted by Gasteiger charge is -2.31. The van der Waals surface area contributed by atoms with Crippen LogP contribution in [0.25, 0.3) is 0 Å². The minimum Gasteiger partial charge on any atom is -0.383 e. The lowest BCUT2D eigenvalue weighted by atomic mass is 10.2. The summed E-state index contributed by atoms with van der Waals surface area (Å²) in [5, 5.41) is 6.18. The van der Waals surface area contributed by atoms with Crippen LogP contribution in [-0.2, 0) is 4.74 Å². The van der Waals surface area contributed by atoms with Crippen molar-refractivity contribution in [3.05, 3.63) is 46.7 Å². The van der Waals surface area contributed by atoms with Gasteiger partial charge in [-0.1, -0.05) is 12.1 Å². The molecule has 3 nitrogen and oxygen atoms in total. The molecule has 0 radical (unpaired) electrons. The molecule has 1 aromatic carbocycles. The number of thiocarbonyl (C=S) groups is 1. The Morgan fingerprint density at radius 1 is 1.39 bits per heavy atom. The van der Waals surface area contributed by atoms with E-state index >= 15 is 0 Å². The van der Waals surface area contributed by atoms with Crippen molar-refractivity contribution in [1.82, 2.24) is 4.90 Å². The smallest absolute Gasteiger partial charge is 0.174 e. The number of thiophene rings is 1. The van der Waals surface area contributed by atoms with Crippen molar-refractivity contribution < 1.29 is 4.74 Å². The van der Waals surface area contributed by atoms with E-state index in [2.05, 4.69) is 53.0 Å². The largest absolute Gasteiger partial charge is 0.383 e. The summed E-state index contributed by atoms with van der Waals surface area (Å²) in [5.41, 5.74) is 1.02. The van der Waals surface area contributed by atoms with Crippen LogP contribution in [0.15, 0.2) is 46.7 Å². The first-order valence-corrected chi connectivity index (χ1v) is 9.91. The lowest BCUT2D eigenvalue weighted by molar-refractivity contribution is 0.166. The van der Waals surface area contributed by atoms with Crippen LogP contribution in [0, 0.1) is 0 Å². The molecule has 0 aliphatic carbocycles. The molecule has 0 spiro atoms. The van der Waals surface area contributed by atoms with Crippen molar-refractivity contribution in [2.45, 2.75) is 17.9 Å². The van der Waals surface area contributed by atoms with Gasteiger partial charge in [0.1, 0.15) is 0 Å². The number of ether oxygens (including phenoxy) is 1. The number of thioether (sulfide) groups is 1. The van der Waals surface area contributed by atoms with Crippen LogP contribution in [0.3, 0.4) is 0 Å². The Bertz CT molecular complexity index is 616. The van der Waals surface area contributed by atoms with Gasteiger partial charge in [0, 0.05) is 29.1 Å². The summed E-state index contributed by atoms with van der Waals surface area (Å²) in [7, 11) is 1.71. The van der Waals surface area contributed by atoms with Crippen LogP contribution in [0.2, 0.25) is 0 Å². The molecule has 1 heterocycles. The Morgan fingerprint density at radius 3 is 2.87 bits per heavy atom. The zero-order valence-electron chi connectivity index (χ0n) is 13.6. The summed E-state index contributed by atoms with van der Waals surface area (Å²) in [6.45, 7) is 3.57. The summed E-state index contributed by atoms with van der Waals surface area (Å²) >= 11 is 9.13. The SMILES string of the molecule is COCCN(C(=S)Nc1cccc(SC)c1)[C@@H](C)c1cccs1. The second kappa shape index (κ2) is 9.27. The first-order chi connectivity index (χ1) is 11.2. The maximum absolute atomic E-state index is 5.66. The molecule has 0 saturated heterocycles. The number of anilines is 1. The number of nitrogens with zero attached hydrogens (tertiary/aromatic N) is 1. The van der Waals surface area contributed by atoms with Gasteiger partial charge in [-0.15, -0.1) is 23.1 Å². The molecule has 0 aliphatic rings. The summed E-state index contributed by atoms with van der Waals surface area (Å²) in [6.07, 6.45) is 2.07. The van der Waals surface area contributed by atoms with E-state index in [9.17, 15) is 0 Å². The summed E-state index contributed by atoms with van der Waals surface area (Å²) in [6, 6.07) is 12.7. The van der Waals surface area contributed by atoms with Gasteiger partial charge >= 0.3 is 0 Å². The second-order valence-corrected chi connectivity index (χ2v) is 7.29. The molecule has 2 aromatic rings. The van der Waals surface area contributed by atoms with Crippen molar-refractivity contribution in [3.63, 3.8) is 0 Å². The Kier molecular flexibility index (Phi) is 7.36. The zero-order valence-corrected chi connectivity index (χ0v) is 16.1. The molecule has 6 heteroatoms. The number of rotatable bonds is 7. The number of nitrogens with one attached hydrogen (secondary N) is 1. The minimum atomic E-state index is 0.217. The number of methoxy groups -OCH3 is 1. The Labute approximate surface area is 152 Å². The highest BCUT2D eigenvalue weighted by Crippen LogP contribution is 2.26. The molecule has 0 saturated carbocycles. The second-order valence-electron chi connectivity index (χ2n) is 5.04. The van der Waals surface area contributed by atoms with Gasteiger partial charge in [0.2, 0.25) is 0 Å². The van der Waals surface area contributed by atoms with Crippen LogP contribution in [0.4, 0.5) is 5.69 Å². The molecule has 23 heavy (non-hydrogen) atoms. The molecule has 0 amide bonds. The van der Waals surface area contributed by atoms with Crippen LogP contribution in [0.1, 0.15) is 17.8 Å². The topological polar surface area (TPSA) is 24.5 Å². The third-order valence-corrected chi connectivity index (χ3v) is 5.65. The predicted octanol–water partition coefficient (Wildman–Crippen LogP) is 4.88. The highest BCUT2D eigenvalue weighted by Gasteiger charge is 2.19. The van der Waals surface area contributed by atoms with Crippen LogP contribution in [0.5, 0.6) is 0 Å². The van der Waals surface area contributed by atoms with E-state index in [4.69, 9.17) is 17.0 Å². The standard InChI is InChI=1S/C17H22N2OS3/c1-13(16-8-5-11-23-16)19(9-10-20-2)17(21)18-14-6-4-7-15(12-14)22-3/h4-8,11-13H,9-10H2,1-3H3,(H,18,21)/t13-/m0/s1. The van der Waals surface area contributed by atoms with Gasteiger partial charge in [-0.25, -0.2) is 0 Å². The van der Waals surface area contributed by atoms with Crippen LogP contribution < -0.4 is 5.32 Å². The Hall–Kier alpha value is -1.08. The Balaban J connectivity index is 2.12. The monoisotopic (exact) mass is 366 g/mol. The highest BCUT2D eigenvalue weighted by atomic mass is 32.2. The van der Waals surface area contributed by atoms with E-state index in [0.29, 0.717) is 6.61 Å². The summed E-state index contributed by atoms with van der Waals surface area (Å²) in [5.74, 6) is 0. The molecular formula is C17H22N2OS3. The van der Waals surface area contributed by atoms with Crippen LogP contribution in [-0.4, -0.2) is 36.5 Å². The van der Waals surface area contributed by atoms with Gasteiger partial charge in [0.25, 0.3) is 0 Å².